The van der Waals surface area contributed by atoms with Gasteiger partial charge >= 0.3 is 15.3 Å². The summed E-state index contributed by atoms with van der Waals surface area (Å²) in [6.45, 7) is -0.398. The van der Waals surface area contributed by atoms with E-state index in [0.29, 0.717) is 5.56 Å². The number of aryl methyl sites for hydroxylation is 1. The maximum absolute atomic E-state index is 13.0. The van der Waals surface area contributed by atoms with Crippen molar-refractivity contribution in [2.24, 2.45) is 7.05 Å². The van der Waals surface area contributed by atoms with Gasteiger partial charge < -0.3 is 18.8 Å². The molecule has 1 aromatic heterocycles. The van der Waals surface area contributed by atoms with E-state index in [-0.39, 0.29) is 30.6 Å². The third-order valence-electron chi connectivity index (χ3n) is 4.42. The molecule has 0 saturated carbocycles. The lowest BCUT2D eigenvalue weighted by molar-refractivity contribution is -0.000242. The van der Waals surface area contributed by atoms with E-state index in [0.717, 1.165) is 4.31 Å². The van der Waals surface area contributed by atoms with E-state index in [1.165, 1.54) is 0 Å². The average Bonchev–Trinajstić information content (AvgIpc) is 3.16. The van der Waals surface area contributed by atoms with E-state index in [2.05, 4.69) is 4.98 Å². The Bertz CT molecular complexity index is 1150. The van der Waals surface area contributed by atoms with Crippen LogP contribution in [0.1, 0.15) is 5.56 Å². The maximum Gasteiger partial charge on any atom is 0.445 e. The molecule has 0 unspecified atom stereocenters. The molecular formula is C20H19N3O6S. The molecule has 0 radical (unpaired) electrons. The van der Waals surface area contributed by atoms with Crippen molar-refractivity contribution in [3.05, 3.63) is 72.6 Å². The number of sulfonamides is 1. The van der Waals surface area contributed by atoms with Gasteiger partial charge in [-0.2, -0.15) is 8.42 Å². The van der Waals surface area contributed by atoms with Crippen molar-refractivity contribution in [3.63, 3.8) is 0 Å². The van der Waals surface area contributed by atoms with Gasteiger partial charge in [-0.25, -0.2) is 14.1 Å². The molecule has 3 aromatic rings. The Labute approximate surface area is 173 Å². The first-order chi connectivity index (χ1) is 14.4. The Morgan fingerprint density at radius 2 is 1.90 bits per heavy atom. The second-order valence-corrected chi connectivity index (χ2v) is 8.24. The summed E-state index contributed by atoms with van der Waals surface area (Å²) >= 11 is 0. The summed E-state index contributed by atoms with van der Waals surface area (Å²) in [7, 11) is -2.75. The van der Waals surface area contributed by atoms with E-state index in [4.69, 9.17) is 14.2 Å². The van der Waals surface area contributed by atoms with Crippen LogP contribution in [0.4, 0.5) is 10.5 Å². The van der Waals surface area contributed by atoms with Gasteiger partial charge in [-0.3, -0.25) is 0 Å². The number of imidazole rings is 1. The van der Waals surface area contributed by atoms with Crippen molar-refractivity contribution in [1.29, 1.82) is 0 Å². The molecule has 4 rings (SSSR count). The summed E-state index contributed by atoms with van der Waals surface area (Å²) in [6, 6.07) is 15.6. The summed E-state index contributed by atoms with van der Waals surface area (Å²) in [4.78, 5) is 16.5. The molecule has 0 fully saturated rings. The molecule has 0 N–H and O–H groups in total. The molecule has 1 atom stereocenters. The minimum Gasteiger partial charge on any atom is -0.451 e. The molecule has 1 aliphatic rings. The number of ether oxygens (including phenoxy) is 3. The van der Waals surface area contributed by atoms with Crippen LogP contribution in [0, 0.1) is 0 Å². The van der Waals surface area contributed by atoms with Crippen molar-refractivity contribution in [3.8, 4) is 11.8 Å². The fourth-order valence-corrected chi connectivity index (χ4v) is 4.04. The van der Waals surface area contributed by atoms with Gasteiger partial charge in [0.25, 0.3) is 12.3 Å². The third-order valence-corrected chi connectivity index (χ3v) is 5.89. The van der Waals surface area contributed by atoms with Crippen LogP contribution in [0.5, 0.6) is 11.8 Å². The predicted octanol–water partition coefficient (Wildman–Crippen LogP) is 2.69. The summed E-state index contributed by atoms with van der Waals surface area (Å²) in [5.74, 6) is 0.266. The SMILES string of the molecule is Cn1ccnc1O[C@H]1CN(S(=O)(=O)C(=O)OCc2ccccc2)c2ccccc2O1. The Morgan fingerprint density at radius 3 is 2.63 bits per heavy atom. The summed E-state index contributed by atoms with van der Waals surface area (Å²) < 4.78 is 45.1. The van der Waals surface area contributed by atoms with E-state index in [9.17, 15) is 13.2 Å². The normalized spacial score (nSPS) is 15.8. The second kappa shape index (κ2) is 8.07. The minimum absolute atomic E-state index is 0.155. The van der Waals surface area contributed by atoms with Crippen molar-refractivity contribution in [2.75, 3.05) is 10.8 Å². The van der Waals surface area contributed by atoms with Crippen LogP contribution in [-0.4, -0.2) is 36.1 Å². The van der Waals surface area contributed by atoms with E-state index < -0.39 is 21.6 Å². The van der Waals surface area contributed by atoms with E-state index in [1.54, 1.807) is 72.5 Å². The van der Waals surface area contributed by atoms with Crippen LogP contribution in [0.15, 0.2) is 67.0 Å². The smallest absolute Gasteiger partial charge is 0.445 e. The Morgan fingerprint density at radius 1 is 1.17 bits per heavy atom. The Kier molecular flexibility index (Phi) is 5.32. The average molecular weight is 429 g/mol. The highest BCUT2D eigenvalue weighted by atomic mass is 32.2. The van der Waals surface area contributed by atoms with Crippen LogP contribution >= 0.6 is 0 Å². The molecule has 2 heterocycles. The zero-order valence-corrected chi connectivity index (χ0v) is 16.9. The molecule has 30 heavy (non-hydrogen) atoms. The molecule has 10 heteroatoms. The Balaban J connectivity index is 1.57. The van der Waals surface area contributed by atoms with Crippen LogP contribution in [0.2, 0.25) is 0 Å². The largest absolute Gasteiger partial charge is 0.451 e. The zero-order valence-electron chi connectivity index (χ0n) is 16.0. The number of rotatable bonds is 5. The van der Waals surface area contributed by atoms with Gasteiger partial charge in [-0.05, 0) is 17.7 Å². The lowest BCUT2D eigenvalue weighted by Crippen LogP contribution is -2.48. The fourth-order valence-electron chi connectivity index (χ4n) is 2.93. The van der Waals surface area contributed by atoms with Gasteiger partial charge in [0.05, 0.1) is 5.69 Å². The van der Waals surface area contributed by atoms with Crippen LogP contribution in [0.3, 0.4) is 0 Å². The van der Waals surface area contributed by atoms with Gasteiger partial charge in [-0.1, -0.05) is 42.5 Å². The first-order valence-corrected chi connectivity index (χ1v) is 10.5. The van der Waals surface area contributed by atoms with Crippen LogP contribution in [0.25, 0.3) is 0 Å². The number of para-hydroxylation sites is 2. The topological polar surface area (TPSA) is 100.0 Å². The van der Waals surface area contributed by atoms with Crippen molar-refractivity contribution < 1.29 is 27.4 Å². The van der Waals surface area contributed by atoms with Crippen molar-refractivity contribution in [2.45, 2.75) is 12.9 Å². The summed E-state index contributed by atoms with van der Waals surface area (Å²) in [6.07, 6.45) is 2.22. The van der Waals surface area contributed by atoms with E-state index in [1.807, 2.05) is 6.07 Å². The first-order valence-electron chi connectivity index (χ1n) is 9.08. The quantitative estimate of drug-likeness (QED) is 0.575. The van der Waals surface area contributed by atoms with Gasteiger partial charge in [-0.15, -0.1) is 0 Å². The Hall–Kier alpha value is -3.53. The molecule has 0 saturated heterocycles. The number of nitrogens with zero attached hydrogens (tertiary/aromatic N) is 3. The minimum atomic E-state index is -4.48. The molecule has 0 bridgehead atoms. The standard InChI is InChI=1S/C20H19N3O6S/c1-22-12-11-21-19(22)29-18-13-23(16-9-5-6-10-17(16)28-18)30(25,26)20(24)27-14-15-7-3-2-4-8-15/h2-12,18H,13-14H2,1H3/t18-/m0/s1. The van der Waals surface area contributed by atoms with Crippen LogP contribution in [-0.2, 0) is 28.4 Å². The lowest BCUT2D eigenvalue weighted by atomic mass is 10.2. The number of hydrogen-bond acceptors (Lipinski definition) is 7. The molecule has 0 amide bonds. The maximum atomic E-state index is 13.0. The highest BCUT2D eigenvalue weighted by molar-refractivity contribution is 8.06. The van der Waals surface area contributed by atoms with E-state index >= 15 is 0 Å². The molecule has 0 spiro atoms. The number of carbonyl (C=O) groups excluding carboxylic acids is 1. The lowest BCUT2D eigenvalue weighted by Gasteiger charge is -2.33. The van der Waals surface area contributed by atoms with Gasteiger partial charge in [0.2, 0.25) is 0 Å². The molecule has 0 aliphatic carbocycles. The number of benzene rings is 2. The number of hydrogen-bond donors (Lipinski definition) is 0. The van der Waals surface area contributed by atoms with Gasteiger partial charge in [0.1, 0.15) is 18.9 Å². The fraction of sp³-hybridized carbons (Fsp3) is 0.200. The predicted molar refractivity (Wildman–Crippen MR) is 108 cm³/mol. The molecule has 1 aliphatic heterocycles. The molecule has 2 aromatic carbocycles. The van der Waals surface area contributed by atoms with Crippen LogP contribution < -0.4 is 13.8 Å². The third kappa shape index (κ3) is 3.94. The molecular weight excluding hydrogens is 410 g/mol. The number of fused-ring (bicyclic) bond motifs is 1. The highest BCUT2D eigenvalue weighted by Crippen LogP contribution is 2.35. The number of carbonyl (C=O) groups is 1. The summed E-state index contributed by atoms with van der Waals surface area (Å²) in [5.41, 5.74) is 0.910. The van der Waals surface area contributed by atoms with Crippen molar-refractivity contribution in [1.82, 2.24) is 9.55 Å². The molecule has 9 nitrogen and oxygen atoms in total. The monoisotopic (exact) mass is 429 g/mol. The number of anilines is 1. The first kappa shape index (κ1) is 19.8. The molecule has 156 valence electrons. The van der Waals surface area contributed by atoms with Crippen molar-refractivity contribution >= 4 is 21.0 Å². The highest BCUT2D eigenvalue weighted by Gasteiger charge is 2.40. The van der Waals surface area contributed by atoms with Gasteiger partial charge in [0.15, 0.2) is 0 Å². The zero-order chi connectivity index (χ0) is 21.1. The number of aromatic nitrogens is 2. The second-order valence-electron chi connectivity index (χ2n) is 6.51. The van der Waals surface area contributed by atoms with Gasteiger partial charge in [0, 0.05) is 19.4 Å². The summed E-state index contributed by atoms with van der Waals surface area (Å²) in [5, 5.41) is -1.35.